The van der Waals surface area contributed by atoms with E-state index in [-0.39, 0.29) is 5.56 Å². The van der Waals surface area contributed by atoms with Gasteiger partial charge >= 0.3 is 5.97 Å². The molecule has 0 saturated carbocycles. The average Bonchev–Trinajstić information content (AvgIpc) is 2.90. The van der Waals surface area contributed by atoms with Gasteiger partial charge < -0.3 is 10.4 Å². The van der Waals surface area contributed by atoms with Crippen molar-refractivity contribution in [2.45, 2.75) is 19.4 Å². The maximum atomic E-state index is 13.4. The van der Waals surface area contributed by atoms with Gasteiger partial charge in [0.15, 0.2) is 6.04 Å². The van der Waals surface area contributed by atoms with Crippen molar-refractivity contribution >= 4 is 11.9 Å². The molecule has 0 bridgehead atoms. The van der Waals surface area contributed by atoms with Crippen molar-refractivity contribution in [1.29, 1.82) is 0 Å². The Balaban J connectivity index is 2.32. The lowest BCUT2D eigenvalue weighted by molar-refractivity contribution is -0.139. The monoisotopic (exact) mass is 305 g/mol. The molecule has 7 heteroatoms. The van der Waals surface area contributed by atoms with Gasteiger partial charge in [-0.05, 0) is 30.2 Å². The van der Waals surface area contributed by atoms with E-state index in [1.807, 2.05) is 6.92 Å². The molecular weight excluding hydrogens is 289 g/mol. The Morgan fingerprint density at radius 2 is 2.14 bits per heavy atom. The molecule has 6 nitrogen and oxygen atoms in total. The van der Waals surface area contributed by atoms with Crippen molar-refractivity contribution in [2.24, 2.45) is 7.05 Å². The first-order valence-corrected chi connectivity index (χ1v) is 6.74. The molecule has 1 atom stereocenters. The number of hydrogen-bond donors (Lipinski definition) is 2. The maximum absolute atomic E-state index is 13.4. The van der Waals surface area contributed by atoms with Gasteiger partial charge in [0.1, 0.15) is 5.82 Å². The second-order valence-electron chi connectivity index (χ2n) is 4.78. The van der Waals surface area contributed by atoms with E-state index in [9.17, 15) is 19.1 Å². The van der Waals surface area contributed by atoms with Crippen LogP contribution in [0.3, 0.4) is 0 Å². The lowest BCUT2D eigenvalue weighted by Gasteiger charge is -2.16. The highest BCUT2D eigenvalue weighted by atomic mass is 19.1. The van der Waals surface area contributed by atoms with Crippen LogP contribution < -0.4 is 5.32 Å². The Morgan fingerprint density at radius 3 is 2.68 bits per heavy atom. The number of rotatable bonds is 5. The molecule has 116 valence electrons. The summed E-state index contributed by atoms with van der Waals surface area (Å²) >= 11 is 0. The number of hydrogen-bond acceptors (Lipinski definition) is 3. The van der Waals surface area contributed by atoms with Gasteiger partial charge in [0.05, 0.1) is 5.69 Å². The lowest BCUT2D eigenvalue weighted by Crippen LogP contribution is -2.35. The number of aryl methyl sites for hydroxylation is 2. The summed E-state index contributed by atoms with van der Waals surface area (Å²) in [5.41, 5.74) is 1.11. The van der Waals surface area contributed by atoms with Gasteiger partial charge in [-0.2, -0.15) is 5.10 Å². The number of halogens is 1. The average molecular weight is 305 g/mol. The molecule has 1 aromatic heterocycles. The van der Waals surface area contributed by atoms with Crippen LogP contribution in [0.25, 0.3) is 0 Å². The van der Waals surface area contributed by atoms with Crippen molar-refractivity contribution in [1.82, 2.24) is 15.1 Å². The molecule has 0 fully saturated rings. The van der Waals surface area contributed by atoms with Crippen LogP contribution in [0, 0.1) is 5.82 Å². The van der Waals surface area contributed by atoms with Gasteiger partial charge in [-0.1, -0.05) is 13.0 Å². The molecule has 1 aromatic carbocycles. The van der Waals surface area contributed by atoms with Gasteiger partial charge in [-0.15, -0.1) is 0 Å². The molecule has 1 amide bonds. The number of aromatic nitrogens is 2. The molecule has 0 aliphatic carbocycles. The second-order valence-corrected chi connectivity index (χ2v) is 4.78. The number of carbonyl (C=O) groups is 2. The van der Waals surface area contributed by atoms with Crippen LogP contribution in [0.1, 0.15) is 34.6 Å². The van der Waals surface area contributed by atoms with Crippen LogP contribution >= 0.6 is 0 Å². The number of amides is 1. The molecular formula is C15H16FN3O3. The number of nitrogens with zero attached hydrogens (tertiary/aromatic N) is 2. The predicted molar refractivity (Wildman–Crippen MR) is 76.8 cm³/mol. The molecule has 2 rings (SSSR count). The molecule has 2 N–H and O–H groups in total. The van der Waals surface area contributed by atoms with Crippen LogP contribution in [0.15, 0.2) is 30.5 Å². The van der Waals surface area contributed by atoms with Crippen LogP contribution in [-0.2, 0) is 18.3 Å². The number of carboxylic acid groups (broad SMARTS) is 1. The summed E-state index contributed by atoms with van der Waals surface area (Å²) in [5, 5.41) is 15.6. The van der Waals surface area contributed by atoms with E-state index < -0.39 is 23.7 Å². The lowest BCUT2D eigenvalue weighted by atomic mass is 10.0. The van der Waals surface area contributed by atoms with E-state index in [0.29, 0.717) is 17.7 Å². The predicted octanol–water partition coefficient (Wildman–Crippen LogP) is 1.68. The molecule has 0 radical (unpaired) electrons. The molecule has 0 aliphatic heterocycles. The van der Waals surface area contributed by atoms with Crippen LogP contribution in [0.4, 0.5) is 4.39 Å². The van der Waals surface area contributed by atoms with Gasteiger partial charge in [0.2, 0.25) is 0 Å². The number of carboxylic acids is 1. The van der Waals surface area contributed by atoms with E-state index in [1.54, 1.807) is 7.05 Å². The zero-order valence-electron chi connectivity index (χ0n) is 12.2. The minimum absolute atomic E-state index is 0.135. The molecule has 1 heterocycles. The highest BCUT2D eigenvalue weighted by Gasteiger charge is 2.26. The van der Waals surface area contributed by atoms with Gasteiger partial charge in [-0.3, -0.25) is 9.48 Å². The standard InChI is InChI=1S/C15H16FN3O3/c1-3-9-4-5-10(16)8-11(9)14(20)18-13(15(21)22)12-6-7-17-19(12)2/h4-8,13H,3H2,1-2H3,(H,18,20)(H,21,22). The molecule has 22 heavy (non-hydrogen) atoms. The zero-order chi connectivity index (χ0) is 16.3. The zero-order valence-corrected chi connectivity index (χ0v) is 12.2. The van der Waals surface area contributed by atoms with Crippen molar-refractivity contribution < 1.29 is 19.1 Å². The van der Waals surface area contributed by atoms with Gasteiger partial charge in [-0.25, -0.2) is 9.18 Å². The molecule has 2 aromatic rings. The molecule has 0 spiro atoms. The summed E-state index contributed by atoms with van der Waals surface area (Å²) in [6.07, 6.45) is 1.98. The van der Waals surface area contributed by atoms with E-state index >= 15 is 0 Å². The smallest absolute Gasteiger partial charge is 0.332 e. The van der Waals surface area contributed by atoms with Crippen LogP contribution in [0.5, 0.6) is 0 Å². The Bertz CT molecular complexity index is 712. The van der Waals surface area contributed by atoms with E-state index in [0.717, 1.165) is 6.07 Å². The summed E-state index contributed by atoms with van der Waals surface area (Å²) in [5.74, 6) is -2.40. The van der Waals surface area contributed by atoms with E-state index in [2.05, 4.69) is 10.4 Å². The fourth-order valence-corrected chi connectivity index (χ4v) is 2.21. The summed E-state index contributed by atoms with van der Waals surface area (Å²) in [7, 11) is 1.58. The van der Waals surface area contributed by atoms with Crippen molar-refractivity contribution in [3.63, 3.8) is 0 Å². The Labute approximate surface area is 126 Å². The maximum Gasteiger partial charge on any atom is 0.332 e. The van der Waals surface area contributed by atoms with Gasteiger partial charge in [0.25, 0.3) is 5.91 Å². The quantitative estimate of drug-likeness (QED) is 0.880. The number of aliphatic carboxylic acids is 1. The summed E-state index contributed by atoms with van der Waals surface area (Å²) < 4.78 is 14.7. The van der Waals surface area contributed by atoms with E-state index in [4.69, 9.17) is 0 Å². The third kappa shape index (κ3) is 3.13. The van der Waals surface area contributed by atoms with Crippen molar-refractivity contribution in [3.05, 3.63) is 53.1 Å². The summed E-state index contributed by atoms with van der Waals surface area (Å²) in [4.78, 5) is 23.7. The summed E-state index contributed by atoms with van der Waals surface area (Å²) in [6, 6.07) is 4.14. The Kier molecular flexibility index (Phi) is 4.55. The minimum Gasteiger partial charge on any atom is -0.479 e. The molecule has 0 aliphatic rings. The second kappa shape index (κ2) is 6.38. The minimum atomic E-state index is -1.26. The third-order valence-electron chi connectivity index (χ3n) is 3.37. The SMILES string of the molecule is CCc1ccc(F)cc1C(=O)NC(C(=O)O)c1ccnn1C. The van der Waals surface area contributed by atoms with Crippen LogP contribution in [-0.4, -0.2) is 26.8 Å². The topological polar surface area (TPSA) is 84.2 Å². The first-order chi connectivity index (χ1) is 10.4. The fourth-order valence-electron chi connectivity index (χ4n) is 2.21. The first-order valence-electron chi connectivity index (χ1n) is 6.74. The fraction of sp³-hybridized carbons (Fsp3) is 0.267. The summed E-state index contributed by atoms with van der Waals surface area (Å²) in [6.45, 7) is 1.83. The highest BCUT2D eigenvalue weighted by molar-refractivity contribution is 5.98. The first kappa shape index (κ1) is 15.7. The Morgan fingerprint density at radius 1 is 1.41 bits per heavy atom. The van der Waals surface area contributed by atoms with Crippen molar-refractivity contribution in [3.8, 4) is 0 Å². The Hall–Kier alpha value is -2.70. The highest BCUT2D eigenvalue weighted by Crippen LogP contribution is 2.16. The van der Waals surface area contributed by atoms with Crippen molar-refractivity contribution in [2.75, 3.05) is 0 Å². The van der Waals surface area contributed by atoms with Crippen LogP contribution in [0.2, 0.25) is 0 Å². The van der Waals surface area contributed by atoms with Gasteiger partial charge in [0, 0.05) is 18.8 Å². The largest absolute Gasteiger partial charge is 0.479 e. The van der Waals surface area contributed by atoms with E-state index in [1.165, 1.54) is 29.1 Å². The number of nitrogens with one attached hydrogen (secondary N) is 1. The number of carbonyl (C=O) groups excluding carboxylic acids is 1. The molecule has 1 unspecified atom stereocenters. The normalized spacial score (nSPS) is 12.0. The number of benzene rings is 1. The third-order valence-corrected chi connectivity index (χ3v) is 3.37. The molecule has 0 saturated heterocycles.